The van der Waals surface area contributed by atoms with Crippen LogP contribution in [0.15, 0.2) is 48.5 Å². The first-order chi connectivity index (χ1) is 14.0. The summed E-state index contributed by atoms with van der Waals surface area (Å²) in [4.78, 5) is 40.7. The van der Waals surface area contributed by atoms with Gasteiger partial charge in [-0.3, -0.25) is 24.2 Å². The van der Waals surface area contributed by atoms with Gasteiger partial charge in [0.25, 0.3) is 11.8 Å². The summed E-state index contributed by atoms with van der Waals surface area (Å²) in [5.41, 5.74) is 1.51. The fourth-order valence-electron chi connectivity index (χ4n) is 4.12. The number of Topliss-reactive ketones (excluding diaryl/α,β-unsaturated/α-hetero) is 1. The van der Waals surface area contributed by atoms with Crippen LogP contribution in [0.25, 0.3) is 0 Å². The number of rotatable bonds is 6. The van der Waals surface area contributed by atoms with E-state index in [9.17, 15) is 18.8 Å². The van der Waals surface area contributed by atoms with Crippen LogP contribution >= 0.6 is 0 Å². The number of carbonyl (C=O) groups is 3. The van der Waals surface area contributed by atoms with Gasteiger partial charge in [0.05, 0.1) is 17.7 Å². The van der Waals surface area contributed by atoms with Gasteiger partial charge < -0.3 is 0 Å². The van der Waals surface area contributed by atoms with Crippen LogP contribution < -0.4 is 0 Å². The summed E-state index contributed by atoms with van der Waals surface area (Å²) in [5.74, 6) is -0.327. The Morgan fingerprint density at radius 1 is 0.931 bits per heavy atom. The predicted octanol–water partition coefficient (Wildman–Crippen LogP) is 3.41. The topological polar surface area (TPSA) is 57.7 Å². The molecule has 2 aliphatic rings. The SMILES string of the molecule is O=C(CN1CCC(CCN2C(=O)c3ccccc3C2=O)CC1)c1ccc(F)cc1. The summed E-state index contributed by atoms with van der Waals surface area (Å²) in [6.45, 7) is 2.38. The van der Waals surface area contributed by atoms with Crippen molar-refractivity contribution in [3.05, 3.63) is 71.0 Å². The van der Waals surface area contributed by atoms with Crippen LogP contribution in [-0.2, 0) is 0 Å². The number of piperidine rings is 1. The van der Waals surface area contributed by atoms with Gasteiger partial charge >= 0.3 is 0 Å². The Kier molecular flexibility index (Phi) is 5.53. The molecule has 2 amide bonds. The molecule has 0 radical (unpaired) electrons. The normalized spacial score (nSPS) is 17.6. The molecular weight excluding hydrogens is 371 g/mol. The van der Waals surface area contributed by atoms with E-state index in [-0.39, 0.29) is 23.4 Å². The molecule has 0 bridgehead atoms. The molecule has 0 aromatic heterocycles. The maximum Gasteiger partial charge on any atom is 0.261 e. The smallest absolute Gasteiger partial charge is 0.261 e. The van der Waals surface area contributed by atoms with Crippen LogP contribution in [0.4, 0.5) is 4.39 Å². The van der Waals surface area contributed by atoms with Gasteiger partial charge in [0.1, 0.15) is 5.82 Å². The molecule has 6 heteroatoms. The van der Waals surface area contributed by atoms with Crippen molar-refractivity contribution in [2.75, 3.05) is 26.2 Å². The van der Waals surface area contributed by atoms with Crippen molar-refractivity contribution in [2.45, 2.75) is 19.3 Å². The molecule has 0 unspecified atom stereocenters. The molecule has 2 aromatic rings. The van der Waals surface area contributed by atoms with Crippen LogP contribution in [0.1, 0.15) is 50.3 Å². The van der Waals surface area contributed by atoms with Crippen LogP contribution in [0.2, 0.25) is 0 Å². The van der Waals surface area contributed by atoms with Crippen LogP contribution in [0.3, 0.4) is 0 Å². The van der Waals surface area contributed by atoms with Gasteiger partial charge in [-0.05, 0) is 74.7 Å². The Morgan fingerprint density at radius 2 is 1.52 bits per heavy atom. The number of hydrogen-bond acceptors (Lipinski definition) is 4. The molecule has 2 heterocycles. The van der Waals surface area contributed by atoms with Crippen molar-refractivity contribution in [3.8, 4) is 0 Å². The first-order valence-corrected chi connectivity index (χ1v) is 9.99. The number of hydrogen-bond donors (Lipinski definition) is 0. The van der Waals surface area contributed by atoms with Crippen molar-refractivity contribution < 1.29 is 18.8 Å². The molecule has 5 nitrogen and oxygen atoms in total. The van der Waals surface area contributed by atoms with Crippen molar-refractivity contribution in [2.24, 2.45) is 5.92 Å². The summed E-state index contributed by atoms with van der Waals surface area (Å²) >= 11 is 0. The second-order valence-electron chi connectivity index (χ2n) is 7.75. The second kappa shape index (κ2) is 8.25. The Bertz CT molecular complexity index is 898. The summed E-state index contributed by atoms with van der Waals surface area (Å²) in [6.07, 6.45) is 2.64. The van der Waals surface area contributed by atoms with Crippen LogP contribution in [-0.4, -0.2) is 53.6 Å². The van der Waals surface area contributed by atoms with Crippen LogP contribution in [0, 0.1) is 11.7 Å². The van der Waals surface area contributed by atoms with E-state index in [0.717, 1.165) is 32.4 Å². The number of fused-ring (bicyclic) bond motifs is 1. The second-order valence-corrected chi connectivity index (χ2v) is 7.75. The minimum absolute atomic E-state index is 0.00512. The van der Waals surface area contributed by atoms with E-state index in [4.69, 9.17) is 0 Å². The average Bonchev–Trinajstić information content (AvgIpc) is 2.98. The Balaban J connectivity index is 1.24. The van der Waals surface area contributed by atoms with E-state index in [1.54, 1.807) is 24.3 Å². The largest absolute Gasteiger partial charge is 0.296 e. The Labute approximate surface area is 169 Å². The molecule has 29 heavy (non-hydrogen) atoms. The third-order valence-corrected chi connectivity index (χ3v) is 5.88. The zero-order valence-corrected chi connectivity index (χ0v) is 16.1. The molecule has 0 saturated carbocycles. The molecule has 0 aliphatic carbocycles. The lowest BCUT2D eigenvalue weighted by atomic mass is 9.93. The maximum absolute atomic E-state index is 13.0. The lowest BCUT2D eigenvalue weighted by Crippen LogP contribution is -2.39. The maximum atomic E-state index is 13.0. The first kappa shape index (κ1) is 19.5. The lowest BCUT2D eigenvalue weighted by molar-refractivity contribution is 0.0633. The molecule has 1 fully saturated rings. The van der Waals surface area contributed by atoms with Gasteiger partial charge in [-0.25, -0.2) is 4.39 Å². The van der Waals surface area contributed by atoms with Crippen LogP contribution in [0.5, 0.6) is 0 Å². The quantitative estimate of drug-likeness (QED) is 0.557. The molecule has 0 atom stereocenters. The highest BCUT2D eigenvalue weighted by atomic mass is 19.1. The first-order valence-electron chi connectivity index (χ1n) is 9.99. The number of halogens is 1. The monoisotopic (exact) mass is 394 g/mol. The summed E-state index contributed by atoms with van der Waals surface area (Å²) in [6, 6.07) is 12.6. The standard InChI is InChI=1S/C23H23FN2O3/c24-18-7-5-17(6-8-18)21(27)15-25-12-9-16(10-13-25)11-14-26-22(28)19-3-1-2-4-20(19)23(26)29/h1-8,16H,9-15H2. The molecule has 0 spiro atoms. The molecule has 2 aliphatic heterocycles. The van der Waals surface area contributed by atoms with E-state index >= 15 is 0 Å². The fraction of sp³-hybridized carbons (Fsp3) is 0.348. The van der Waals surface area contributed by atoms with Crippen molar-refractivity contribution >= 4 is 17.6 Å². The summed E-state index contributed by atoms with van der Waals surface area (Å²) < 4.78 is 13.0. The van der Waals surface area contributed by atoms with Gasteiger partial charge in [-0.15, -0.1) is 0 Å². The van der Waals surface area contributed by atoms with Gasteiger partial charge in [-0.2, -0.15) is 0 Å². The van der Waals surface area contributed by atoms with E-state index in [0.29, 0.717) is 35.7 Å². The molecule has 150 valence electrons. The summed E-state index contributed by atoms with van der Waals surface area (Å²) in [7, 11) is 0. The van der Waals surface area contributed by atoms with Gasteiger partial charge in [-0.1, -0.05) is 12.1 Å². The molecule has 0 N–H and O–H groups in total. The van der Waals surface area contributed by atoms with Gasteiger partial charge in [0.15, 0.2) is 5.78 Å². The third-order valence-electron chi connectivity index (χ3n) is 5.88. The Hall–Kier alpha value is -2.86. The third kappa shape index (κ3) is 4.12. The molecule has 4 rings (SSSR count). The average molecular weight is 394 g/mol. The minimum Gasteiger partial charge on any atom is -0.296 e. The van der Waals surface area contributed by atoms with Crippen molar-refractivity contribution in [3.63, 3.8) is 0 Å². The fourth-order valence-corrected chi connectivity index (χ4v) is 4.12. The van der Waals surface area contributed by atoms with E-state index in [1.165, 1.54) is 29.2 Å². The number of amides is 2. The summed E-state index contributed by atoms with van der Waals surface area (Å²) in [5, 5.41) is 0. The van der Waals surface area contributed by atoms with Gasteiger partial charge in [0.2, 0.25) is 0 Å². The minimum atomic E-state index is -0.347. The molecular formula is C23H23FN2O3. The van der Waals surface area contributed by atoms with Crippen molar-refractivity contribution in [1.82, 2.24) is 9.80 Å². The zero-order chi connectivity index (χ0) is 20.4. The molecule has 1 saturated heterocycles. The van der Waals surface area contributed by atoms with E-state index in [2.05, 4.69) is 4.90 Å². The number of carbonyl (C=O) groups excluding carboxylic acids is 3. The van der Waals surface area contributed by atoms with E-state index < -0.39 is 0 Å². The Morgan fingerprint density at radius 3 is 2.10 bits per heavy atom. The number of ketones is 1. The number of likely N-dealkylation sites (tertiary alicyclic amines) is 1. The highest BCUT2D eigenvalue weighted by Gasteiger charge is 2.35. The van der Waals surface area contributed by atoms with E-state index in [1.807, 2.05) is 0 Å². The zero-order valence-electron chi connectivity index (χ0n) is 16.1. The number of benzene rings is 2. The van der Waals surface area contributed by atoms with Gasteiger partial charge in [0, 0.05) is 12.1 Å². The lowest BCUT2D eigenvalue weighted by Gasteiger charge is -2.32. The predicted molar refractivity (Wildman–Crippen MR) is 106 cm³/mol. The number of nitrogens with zero attached hydrogens (tertiary/aromatic N) is 2. The highest BCUT2D eigenvalue weighted by molar-refractivity contribution is 6.21. The highest BCUT2D eigenvalue weighted by Crippen LogP contribution is 2.26. The van der Waals surface area contributed by atoms with Crippen molar-refractivity contribution in [1.29, 1.82) is 0 Å². The molecule has 2 aromatic carbocycles. The number of imide groups is 1.